The molecule has 2 aromatic rings. The van der Waals surface area contributed by atoms with Crippen molar-refractivity contribution in [2.45, 2.75) is 44.6 Å². The van der Waals surface area contributed by atoms with Crippen LogP contribution in [0.3, 0.4) is 0 Å². The second-order valence-electron chi connectivity index (χ2n) is 6.39. The van der Waals surface area contributed by atoms with Crippen LogP contribution in [0, 0.1) is 0 Å². The van der Waals surface area contributed by atoms with Crippen LogP contribution in [-0.2, 0) is 17.6 Å². The second-order valence-corrected chi connectivity index (χ2v) is 6.39. The summed E-state index contributed by atoms with van der Waals surface area (Å²) in [4.78, 5) is 30.1. The molecule has 3 rings (SSSR count). The first kappa shape index (κ1) is 18.9. The van der Waals surface area contributed by atoms with Crippen molar-refractivity contribution < 1.29 is 9.84 Å². The van der Waals surface area contributed by atoms with E-state index in [1.165, 1.54) is 4.57 Å². The Kier molecular flexibility index (Phi) is 5.75. The average Bonchev–Trinajstić information content (AvgIpc) is 3.05. The van der Waals surface area contributed by atoms with Crippen LogP contribution in [0.2, 0.25) is 0 Å². The summed E-state index contributed by atoms with van der Waals surface area (Å²) in [5.74, 6) is 0. The summed E-state index contributed by atoms with van der Waals surface area (Å²) in [5, 5.41) is 13.2. The standard InChI is InChI=1S/C18H21N5O4/c1-2-12-14(8-11-6-4-3-5-7-11)23(18(26)20-17(12)25)16-9-13(21-22-19)15(10-24)27-16/h3-7,13,15-16,24H,2,8-10H2,1H3,(H,20,25,26)/t13-,15+,16+/m0/s1. The Bertz CT molecular complexity index is 962. The van der Waals surface area contributed by atoms with Crippen LogP contribution >= 0.6 is 0 Å². The first-order valence-electron chi connectivity index (χ1n) is 8.80. The van der Waals surface area contributed by atoms with Crippen LogP contribution in [0.4, 0.5) is 0 Å². The van der Waals surface area contributed by atoms with Crippen molar-refractivity contribution in [3.8, 4) is 0 Å². The highest BCUT2D eigenvalue weighted by atomic mass is 16.5. The van der Waals surface area contributed by atoms with Crippen LogP contribution in [0.1, 0.15) is 36.4 Å². The Morgan fingerprint density at radius 1 is 1.37 bits per heavy atom. The van der Waals surface area contributed by atoms with E-state index in [1.807, 2.05) is 37.3 Å². The van der Waals surface area contributed by atoms with Crippen LogP contribution in [0.5, 0.6) is 0 Å². The molecule has 2 heterocycles. The topological polar surface area (TPSA) is 133 Å². The van der Waals surface area contributed by atoms with Gasteiger partial charge in [-0.1, -0.05) is 42.4 Å². The number of H-pyrrole nitrogens is 1. The maximum absolute atomic E-state index is 12.6. The third-order valence-electron chi connectivity index (χ3n) is 4.79. The van der Waals surface area contributed by atoms with Gasteiger partial charge in [-0.15, -0.1) is 0 Å². The zero-order chi connectivity index (χ0) is 19.4. The first-order chi connectivity index (χ1) is 13.1. The van der Waals surface area contributed by atoms with Crippen molar-refractivity contribution in [3.05, 3.63) is 78.4 Å². The quantitative estimate of drug-likeness (QED) is 0.454. The molecule has 0 bridgehead atoms. The molecule has 142 valence electrons. The third-order valence-corrected chi connectivity index (χ3v) is 4.79. The molecule has 27 heavy (non-hydrogen) atoms. The lowest BCUT2D eigenvalue weighted by Gasteiger charge is -2.21. The van der Waals surface area contributed by atoms with Crippen LogP contribution in [-0.4, -0.2) is 33.4 Å². The molecule has 1 aromatic heterocycles. The minimum absolute atomic E-state index is 0.242. The number of nitrogens with zero attached hydrogens (tertiary/aromatic N) is 4. The van der Waals surface area contributed by atoms with Gasteiger partial charge in [0.15, 0.2) is 0 Å². The Morgan fingerprint density at radius 3 is 2.74 bits per heavy atom. The van der Waals surface area contributed by atoms with Gasteiger partial charge in [-0.05, 0) is 17.5 Å². The lowest BCUT2D eigenvalue weighted by atomic mass is 10.0. The van der Waals surface area contributed by atoms with Gasteiger partial charge in [-0.3, -0.25) is 14.3 Å². The van der Waals surface area contributed by atoms with Crippen LogP contribution < -0.4 is 11.2 Å². The van der Waals surface area contributed by atoms with E-state index >= 15 is 0 Å². The Balaban J connectivity index is 2.10. The van der Waals surface area contributed by atoms with Gasteiger partial charge >= 0.3 is 5.69 Å². The zero-order valence-electron chi connectivity index (χ0n) is 14.9. The summed E-state index contributed by atoms with van der Waals surface area (Å²) in [6.45, 7) is 1.52. The first-order valence-corrected chi connectivity index (χ1v) is 8.80. The number of nitrogens with one attached hydrogen (secondary N) is 1. The van der Waals surface area contributed by atoms with E-state index in [4.69, 9.17) is 10.3 Å². The maximum atomic E-state index is 12.6. The fourth-order valence-corrected chi connectivity index (χ4v) is 3.51. The average molecular weight is 371 g/mol. The number of azide groups is 1. The molecule has 0 spiro atoms. The van der Waals surface area contributed by atoms with Gasteiger partial charge in [0.25, 0.3) is 5.56 Å². The predicted octanol–water partition coefficient (Wildman–Crippen LogP) is 1.65. The number of hydrogen-bond donors (Lipinski definition) is 2. The summed E-state index contributed by atoms with van der Waals surface area (Å²) in [6, 6.07) is 8.93. The van der Waals surface area contributed by atoms with Gasteiger partial charge in [0.2, 0.25) is 0 Å². The molecule has 0 radical (unpaired) electrons. The SMILES string of the molecule is CCc1c(Cc2ccccc2)n([C@H]2C[C@H](N=[N+]=[N-])[C@@H](CO)O2)c(=O)[nH]c1=O. The van der Waals surface area contributed by atoms with E-state index in [-0.39, 0.29) is 13.0 Å². The minimum atomic E-state index is -0.731. The van der Waals surface area contributed by atoms with Gasteiger partial charge < -0.3 is 9.84 Å². The van der Waals surface area contributed by atoms with Crippen LogP contribution in [0.15, 0.2) is 45.0 Å². The van der Waals surface area contributed by atoms with Gasteiger partial charge in [-0.2, -0.15) is 0 Å². The fraction of sp³-hybridized carbons (Fsp3) is 0.444. The molecule has 9 heteroatoms. The van der Waals surface area contributed by atoms with E-state index in [0.29, 0.717) is 24.1 Å². The summed E-state index contributed by atoms with van der Waals surface area (Å²) in [7, 11) is 0. The maximum Gasteiger partial charge on any atom is 0.330 e. The monoisotopic (exact) mass is 371 g/mol. The molecule has 9 nitrogen and oxygen atoms in total. The smallest absolute Gasteiger partial charge is 0.330 e. The molecule has 1 aromatic carbocycles. The second kappa shape index (κ2) is 8.22. The molecule has 2 N–H and O–H groups in total. The lowest BCUT2D eigenvalue weighted by Crippen LogP contribution is -2.38. The van der Waals surface area contributed by atoms with Crippen molar-refractivity contribution >= 4 is 0 Å². The largest absolute Gasteiger partial charge is 0.394 e. The summed E-state index contributed by atoms with van der Waals surface area (Å²) < 4.78 is 7.21. The Morgan fingerprint density at radius 2 is 2.11 bits per heavy atom. The number of aromatic nitrogens is 2. The van der Waals surface area contributed by atoms with E-state index in [2.05, 4.69) is 15.0 Å². The number of aliphatic hydroxyl groups is 1. The van der Waals surface area contributed by atoms with Crippen molar-refractivity contribution in [2.24, 2.45) is 5.11 Å². The normalized spacial score (nSPS) is 21.8. The summed E-state index contributed by atoms with van der Waals surface area (Å²) >= 11 is 0. The van der Waals surface area contributed by atoms with E-state index < -0.39 is 29.6 Å². The molecule has 1 fully saturated rings. The highest BCUT2D eigenvalue weighted by Gasteiger charge is 2.37. The number of aliphatic hydroxyl groups excluding tert-OH is 1. The van der Waals surface area contributed by atoms with Gasteiger partial charge in [0, 0.05) is 29.0 Å². The highest BCUT2D eigenvalue weighted by Crippen LogP contribution is 2.31. The number of rotatable bonds is 6. The fourth-order valence-electron chi connectivity index (χ4n) is 3.51. The minimum Gasteiger partial charge on any atom is -0.394 e. The molecule has 1 aliphatic heterocycles. The summed E-state index contributed by atoms with van der Waals surface area (Å²) in [5.41, 5.74) is 9.77. The van der Waals surface area contributed by atoms with E-state index in [1.54, 1.807) is 0 Å². The number of hydrogen-bond acceptors (Lipinski definition) is 5. The van der Waals surface area contributed by atoms with E-state index in [0.717, 1.165) is 5.56 Å². The molecule has 0 amide bonds. The highest BCUT2D eigenvalue weighted by molar-refractivity contribution is 5.27. The Hall–Kier alpha value is -2.87. The molecule has 1 aliphatic rings. The molecule has 1 saturated heterocycles. The number of benzene rings is 1. The third kappa shape index (κ3) is 3.80. The summed E-state index contributed by atoms with van der Waals surface area (Å²) in [6.07, 6.45) is -0.343. The van der Waals surface area contributed by atoms with Crippen molar-refractivity contribution in [3.63, 3.8) is 0 Å². The number of aromatic amines is 1. The van der Waals surface area contributed by atoms with Crippen molar-refractivity contribution in [1.82, 2.24) is 9.55 Å². The number of ether oxygens (including phenoxy) is 1. The molecule has 0 aliphatic carbocycles. The Labute approximate surface area is 154 Å². The van der Waals surface area contributed by atoms with Crippen molar-refractivity contribution in [1.29, 1.82) is 0 Å². The zero-order valence-corrected chi connectivity index (χ0v) is 14.9. The van der Waals surface area contributed by atoms with Gasteiger partial charge in [0.1, 0.15) is 6.23 Å². The molecule has 3 atom stereocenters. The lowest BCUT2D eigenvalue weighted by molar-refractivity contribution is -0.0283. The van der Waals surface area contributed by atoms with Gasteiger partial charge in [-0.25, -0.2) is 4.79 Å². The molecule has 0 saturated carbocycles. The van der Waals surface area contributed by atoms with Crippen molar-refractivity contribution in [2.75, 3.05) is 6.61 Å². The molecular formula is C18H21N5O4. The molecular weight excluding hydrogens is 350 g/mol. The van der Waals surface area contributed by atoms with Gasteiger partial charge in [0.05, 0.1) is 18.8 Å². The molecule has 0 unspecified atom stereocenters. The predicted molar refractivity (Wildman–Crippen MR) is 98.5 cm³/mol. The van der Waals surface area contributed by atoms with Crippen LogP contribution in [0.25, 0.3) is 10.4 Å². The van der Waals surface area contributed by atoms with E-state index in [9.17, 15) is 14.7 Å².